The number of hydrogen-bond acceptors (Lipinski definition) is 2. The molecule has 0 aliphatic rings. The maximum absolute atomic E-state index is 12.0. The monoisotopic (exact) mass is 239 g/mol. The summed E-state index contributed by atoms with van der Waals surface area (Å²) >= 11 is 0. The average molecular weight is 239 g/mol. The van der Waals surface area contributed by atoms with Crippen LogP contribution in [0.4, 0.5) is 0 Å². The molecular formula is C14H13N3O. The van der Waals surface area contributed by atoms with Crippen LogP contribution in [-0.4, -0.2) is 14.2 Å². The second kappa shape index (κ2) is 3.84. The number of hydrogen-bond donors (Lipinski definition) is 0. The van der Waals surface area contributed by atoms with Gasteiger partial charge in [0.2, 0.25) is 0 Å². The van der Waals surface area contributed by atoms with Crippen LogP contribution in [-0.2, 0) is 7.05 Å². The van der Waals surface area contributed by atoms with Crippen molar-refractivity contribution in [3.05, 3.63) is 58.5 Å². The number of aromatic nitrogens is 3. The summed E-state index contributed by atoms with van der Waals surface area (Å²) in [4.78, 5) is 16.4. The van der Waals surface area contributed by atoms with Gasteiger partial charge in [0, 0.05) is 24.9 Å². The largest absolute Gasteiger partial charge is 0.279 e. The molecule has 0 saturated heterocycles. The van der Waals surface area contributed by atoms with Gasteiger partial charge in [-0.05, 0) is 12.5 Å². The molecule has 0 aliphatic carbocycles. The zero-order chi connectivity index (χ0) is 12.7. The van der Waals surface area contributed by atoms with Crippen LogP contribution in [0.15, 0.2) is 47.3 Å². The van der Waals surface area contributed by atoms with E-state index in [0.717, 1.165) is 17.0 Å². The van der Waals surface area contributed by atoms with Gasteiger partial charge in [0.1, 0.15) is 0 Å². The van der Waals surface area contributed by atoms with E-state index < -0.39 is 0 Å². The fourth-order valence-corrected chi connectivity index (χ4v) is 2.21. The molecule has 90 valence electrons. The van der Waals surface area contributed by atoms with Crippen LogP contribution >= 0.6 is 0 Å². The van der Waals surface area contributed by atoms with Crippen molar-refractivity contribution in [2.24, 2.45) is 7.05 Å². The Balaban J connectivity index is 2.37. The Kier molecular flexibility index (Phi) is 2.30. The van der Waals surface area contributed by atoms with Crippen molar-refractivity contribution in [2.45, 2.75) is 6.92 Å². The highest BCUT2D eigenvalue weighted by Crippen LogP contribution is 2.20. The Morgan fingerprint density at radius 3 is 2.56 bits per heavy atom. The molecule has 4 heteroatoms. The highest BCUT2D eigenvalue weighted by molar-refractivity contribution is 5.64. The Hall–Kier alpha value is -2.36. The van der Waals surface area contributed by atoms with Crippen LogP contribution in [0, 0.1) is 6.92 Å². The lowest BCUT2D eigenvalue weighted by Gasteiger charge is -2.04. The maximum Gasteiger partial charge on any atom is 0.273 e. The molecule has 18 heavy (non-hydrogen) atoms. The first-order valence-electron chi connectivity index (χ1n) is 5.78. The van der Waals surface area contributed by atoms with Crippen molar-refractivity contribution in [3.8, 4) is 11.3 Å². The van der Waals surface area contributed by atoms with Gasteiger partial charge in [-0.3, -0.25) is 9.48 Å². The van der Waals surface area contributed by atoms with E-state index in [-0.39, 0.29) is 5.56 Å². The summed E-state index contributed by atoms with van der Waals surface area (Å²) in [5.74, 6) is 0. The quantitative estimate of drug-likeness (QED) is 0.651. The molecule has 3 aromatic rings. The van der Waals surface area contributed by atoms with Gasteiger partial charge in [-0.1, -0.05) is 30.3 Å². The van der Waals surface area contributed by atoms with Crippen molar-refractivity contribution in [1.29, 1.82) is 0 Å². The molecule has 1 aromatic carbocycles. The summed E-state index contributed by atoms with van der Waals surface area (Å²) in [5.41, 5.74) is 3.42. The van der Waals surface area contributed by atoms with E-state index in [4.69, 9.17) is 0 Å². The molecule has 0 amide bonds. The van der Waals surface area contributed by atoms with Crippen molar-refractivity contribution in [3.63, 3.8) is 0 Å². The number of benzene rings is 1. The maximum atomic E-state index is 12.0. The van der Waals surface area contributed by atoms with Crippen LogP contribution in [0.3, 0.4) is 0 Å². The first kappa shape index (κ1) is 10.8. The molecule has 3 rings (SSSR count). The number of nitrogens with zero attached hydrogens (tertiary/aromatic N) is 3. The van der Waals surface area contributed by atoms with Crippen molar-refractivity contribution >= 4 is 5.65 Å². The number of rotatable bonds is 1. The first-order valence-corrected chi connectivity index (χ1v) is 5.78. The summed E-state index contributed by atoms with van der Waals surface area (Å²) in [6.07, 6.45) is 0. The van der Waals surface area contributed by atoms with Gasteiger partial charge in [-0.25, -0.2) is 4.98 Å². The Morgan fingerprint density at radius 2 is 1.83 bits per heavy atom. The van der Waals surface area contributed by atoms with Crippen LogP contribution in [0.5, 0.6) is 0 Å². The van der Waals surface area contributed by atoms with Crippen LogP contribution in [0.1, 0.15) is 5.69 Å². The number of fused-ring (bicyclic) bond motifs is 1. The lowest BCUT2D eigenvalue weighted by atomic mass is 10.1. The molecule has 2 aromatic heterocycles. The standard InChI is InChI=1S/C14H13N3O/c1-10-8-14(18)17-13(15-10)9-12(16(17)2)11-6-4-3-5-7-11/h3-9H,1-2H3. The van der Waals surface area contributed by atoms with Gasteiger partial charge in [0.25, 0.3) is 5.56 Å². The molecule has 0 spiro atoms. The fourth-order valence-electron chi connectivity index (χ4n) is 2.21. The molecule has 0 N–H and O–H groups in total. The van der Waals surface area contributed by atoms with Gasteiger partial charge in [-0.15, -0.1) is 0 Å². The molecule has 0 fully saturated rings. The molecule has 0 atom stereocenters. The van der Waals surface area contributed by atoms with E-state index >= 15 is 0 Å². The molecule has 0 aliphatic heterocycles. The lowest BCUT2D eigenvalue weighted by molar-refractivity contribution is 0.685. The summed E-state index contributed by atoms with van der Waals surface area (Å²) < 4.78 is 3.41. The van der Waals surface area contributed by atoms with Crippen LogP contribution < -0.4 is 5.56 Å². The SMILES string of the molecule is Cc1cc(=O)n2c(cc(-c3ccccc3)n2C)n1. The first-order chi connectivity index (χ1) is 8.66. The second-order valence-electron chi connectivity index (χ2n) is 4.32. The predicted molar refractivity (Wildman–Crippen MR) is 70.6 cm³/mol. The van der Waals surface area contributed by atoms with Crippen LogP contribution in [0.2, 0.25) is 0 Å². The van der Waals surface area contributed by atoms with Gasteiger partial charge in [0.15, 0.2) is 5.65 Å². The molecule has 0 bridgehead atoms. The zero-order valence-corrected chi connectivity index (χ0v) is 10.3. The minimum absolute atomic E-state index is 0.0535. The van der Waals surface area contributed by atoms with Gasteiger partial charge in [-0.2, -0.15) is 4.52 Å². The molecule has 0 radical (unpaired) electrons. The third-order valence-corrected chi connectivity index (χ3v) is 3.03. The second-order valence-corrected chi connectivity index (χ2v) is 4.32. The van der Waals surface area contributed by atoms with Gasteiger partial charge >= 0.3 is 0 Å². The Labute approximate surface area is 104 Å². The third kappa shape index (κ3) is 1.54. The van der Waals surface area contributed by atoms with E-state index in [1.807, 2.05) is 55.1 Å². The van der Waals surface area contributed by atoms with Gasteiger partial charge < -0.3 is 0 Å². The Morgan fingerprint density at radius 1 is 1.11 bits per heavy atom. The molecule has 0 unspecified atom stereocenters. The van der Waals surface area contributed by atoms with E-state index in [1.165, 1.54) is 0 Å². The zero-order valence-electron chi connectivity index (χ0n) is 10.3. The van der Waals surface area contributed by atoms with E-state index in [0.29, 0.717) is 5.65 Å². The molecular weight excluding hydrogens is 226 g/mol. The third-order valence-electron chi connectivity index (χ3n) is 3.03. The highest BCUT2D eigenvalue weighted by Gasteiger charge is 2.09. The fraction of sp³-hybridized carbons (Fsp3) is 0.143. The van der Waals surface area contributed by atoms with Gasteiger partial charge in [0.05, 0.1) is 5.69 Å². The molecule has 2 heterocycles. The smallest absolute Gasteiger partial charge is 0.273 e. The van der Waals surface area contributed by atoms with E-state index in [1.54, 1.807) is 10.6 Å². The van der Waals surface area contributed by atoms with Crippen molar-refractivity contribution in [2.75, 3.05) is 0 Å². The summed E-state index contributed by atoms with van der Waals surface area (Å²) in [6, 6.07) is 13.5. The number of aryl methyl sites for hydroxylation is 2. The Bertz CT molecular complexity index is 769. The highest BCUT2D eigenvalue weighted by atomic mass is 16.1. The minimum atomic E-state index is -0.0535. The minimum Gasteiger partial charge on any atom is -0.279 e. The predicted octanol–water partition coefficient (Wildman–Crippen LogP) is 2.01. The van der Waals surface area contributed by atoms with Crippen molar-refractivity contribution < 1.29 is 0 Å². The van der Waals surface area contributed by atoms with Crippen molar-refractivity contribution in [1.82, 2.24) is 14.2 Å². The summed E-state index contributed by atoms with van der Waals surface area (Å²) in [5, 5.41) is 0. The lowest BCUT2D eigenvalue weighted by Crippen LogP contribution is -2.19. The summed E-state index contributed by atoms with van der Waals surface area (Å²) in [7, 11) is 1.87. The molecule has 0 saturated carbocycles. The van der Waals surface area contributed by atoms with E-state index in [9.17, 15) is 4.79 Å². The average Bonchev–Trinajstić information content (AvgIpc) is 2.67. The normalized spacial score (nSPS) is 11.0. The van der Waals surface area contributed by atoms with Crippen LogP contribution in [0.25, 0.3) is 16.9 Å². The summed E-state index contributed by atoms with van der Waals surface area (Å²) in [6.45, 7) is 1.83. The topological polar surface area (TPSA) is 39.3 Å². The van der Waals surface area contributed by atoms with E-state index in [2.05, 4.69) is 4.98 Å². The molecule has 4 nitrogen and oxygen atoms in total.